The largest absolute Gasteiger partial charge is 0.397 e. The van der Waals surface area contributed by atoms with E-state index in [1.54, 1.807) is 5.32 Å². The summed E-state index contributed by atoms with van der Waals surface area (Å²) in [6.45, 7) is 0. The highest BCUT2D eigenvalue weighted by Crippen LogP contribution is 2.16. The van der Waals surface area contributed by atoms with Gasteiger partial charge < -0.3 is 11.1 Å². The van der Waals surface area contributed by atoms with E-state index < -0.39 is 24.4 Å². The molecule has 1 heterocycles. The van der Waals surface area contributed by atoms with Crippen LogP contribution >= 0.6 is 0 Å². The molecule has 0 fully saturated rings. The summed E-state index contributed by atoms with van der Waals surface area (Å²) in [6.07, 6.45) is -4.86. The predicted molar refractivity (Wildman–Crippen MR) is 43.1 cm³/mol. The van der Waals surface area contributed by atoms with Crippen molar-refractivity contribution in [2.75, 3.05) is 11.1 Å². The van der Waals surface area contributed by atoms with Crippen molar-refractivity contribution in [3.8, 4) is 0 Å². The Kier molecular flexibility index (Phi) is 3.10. The van der Waals surface area contributed by atoms with Gasteiger partial charge >= 0.3 is 0 Å². The number of nitrogen functional groups attached to an aromatic ring is 1. The van der Waals surface area contributed by atoms with Crippen LogP contribution in [0.1, 0.15) is 0 Å². The molecule has 14 heavy (non-hydrogen) atoms. The van der Waals surface area contributed by atoms with Gasteiger partial charge in [-0.05, 0) is 0 Å². The Morgan fingerprint density at radius 1 is 1.36 bits per heavy atom. The Labute approximate surface area is 76.9 Å². The molecule has 0 aliphatic carbocycles. The zero-order valence-electron chi connectivity index (χ0n) is 6.85. The van der Waals surface area contributed by atoms with Gasteiger partial charge in [-0.3, -0.25) is 0 Å². The van der Waals surface area contributed by atoms with Crippen LogP contribution in [0.15, 0.2) is 12.3 Å². The lowest BCUT2D eigenvalue weighted by molar-refractivity contribution is 0.0647. The lowest BCUT2D eigenvalue weighted by Crippen LogP contribution is -2.23. The van der Waals surface area contributed by atoms with Crippen molar-refractivity contribution in [3.63, 3.8) is 0 Å². The van der Waals surface area contributed by atoms with Gasteiger partial charge in [0, 0.05) is 6.07 Å². The van der Waals surface area contributed by atoms with E-state index in [9.17, 15) is 17.6 Å². The summed E-state index contributed by atoms with van der Waals surface area (Å²) in [5, 5.41) is 1.58. The summed E-state index contributed by atoms with van der Waals surface area (Å²) >= 11 is 0. The molecule has 0 bridgehead atoms. The first-order valence-corrected chi connectivity index (χ1v) is 3.60. The van der Waals surface area contributed by atoms with E-state index in [1.165, 1.54) is 0 Å². The maximum absolute atomic E-state index is 12.9. The van der Waals surface area contributed by atoms with Crippen molar-refractivity contribution in [1.29, 1.82) is 0 Å². The van der Waals surface area contributed by atoms with Crippen molar-refractivity contribution in [3.05, 3.63) is 18.1 Å². The number of aromatic nitrogens is 1. The number of rotatable bonds is 3. The normalized spacial score (nSPS) is 12.9. The number of nitrogens with zero attached hydrogens (tertiary/aromatic N) is 1. The number of hydrogen-bond donors (Lipinski definition) is 2. The molecule has 1 rings (SSSR count). The van der Waals surface area contributed by atoms with E-state index in [-0.39, 0.29) is 5.69 Å². The van der Waals surface area contributed by atoms with Crippen molar-refractivity contribution < 1.29 is 17.6 Å². The average molecular weight is 209 g/mol. The molecule has 0 aliphatic rings. The summed E-state index contributed by atoms with van der Waals surface area (Å²) < 4.78 is 48.7. The smallest absolute Gasteiger partial charge is 0.287 e. The second-order valence-corrected chi connectivity index (χ2v) is 2.48. The molecule has 0 saturated carbocycles. The topological polar surface area (TPSA) is 50.9 Å². The van der Waals surface area contributed by atoms with Gasteiger partial charge in [-0.1, -0.05) is 0 Å². The van der Waals surface area contributed by atoms with Gasteiger partial charge in [0.05, 0.1) is 11.9 Å². The third-order valence-electron chi connectivity index (χ3n) is 1.36. The van der Waals surface area contributed by atoms with Crippen LogP contribution < -0.4 is 11.1 Å². The minimum atomic E-state index is -3.24. The van der Waals surface area contributed by atoms with Crippen molar-refractivity contribution in [2.45, 2.75) is 12.7 Å². The fourth-order valence-electron chi connectivity index (χ4n) is 0.753. The summed E-state index contributed by atoms with van der Waals surface area (Å²) in [4.78, 5) is 3.32. The zero-order valence-corrected chi connectivity index (χ0v) is 6.85. The number of nitrogens with two attached hydrogens (primary N) is 1. The van der Waals surface area contributed by atoms with E-state index in [2.05, 4.69) is 4.98 Å². The fourth-order valence-corrected chi connectivity index (χ4v) is 0.753. The van der Waals surface area contributed by atoms with Crippen LogP contribution in [0.5, 0.6) is 0 Å². The summed E-state index contributed by atoms with van der Waals surface area (Å²) in [6, 6.07) is 0.855. The quantitative estimate of drug-likeness (QED) is 0.589. The SMILES string of the molecule is Nc1cnc(NC(F)C(F)F)c(F)c1. The molecule has 0 radical (unpaired) electrons. The molecule has 1 aromatic rings. The highest BCUT2D eigenvalue weighted by molar-refractivity contribution is 5.45. The zero-order chi connectivity index (χ0) is 10.7. The Hall–Kier alpha value is -1.53. The molecule has 3 nitrogen and oxygen atoms in total. The van der Waals surface area contributed by atoms with E-state index in [4.69, 9.17) is 5.73 Å². The summed E-state index contributed by atoms with van der Waals surface area (Å²) in [5.74, 6) is -1.57. The van der Waals surface area contributed by atoms with Crippen LogP contribution in [0.2, 0.25) is 0 Å². The Morgan fingerprint density at radius 2 is 2.00 bits per heavy atom. The Bertz CT molecular complexity index is 318. The minimum Gasteiger partial charge on any atom is -0.397 e. The molecule has 1 atom stereocenters. The number of alkyl halides is 3. The number of pyridine rings is 1. The third-order valence-corrected chi connectivity index (χ3v) is 1.36. The number of hydrogen-bond acceptors (Lipinski definition) is 3. The fraction of sp³-hybridized carbons (Fsp3) is 0.286. The molecular formula is C7H7F4N3. The van der Waals surface area contributed by atoms with Gasteiger partial charge in [-0.15, -0.1) is 0 Å². The van der Waals surface area contributed by atoms with E-state index in [0.717, 1.165) is 12.3 Å². The van der Waals surface area contributed by atoms with Crippen LogP contribution in [-0.4, -0.2) is 17.7 Å². The molecule has 3 N–H and O–H groups in total. The van der Waals surface area contributed by atoms with Crippen LogP contribution in [0, 0.1) is 5.82 Å². The molecule has 7 heteroatoms. The maximum Gasteiger partial charge on any atom is 0.287 e. The highest BCUT2D eigenvalue weighted by Gasteiger charge is 2.20. The van der Waals surface area contributed by atoms with Crippen LogP contribution in [0.25, 0.3) is 0 Å². The first kappa shape index (κ1) is 10.6. The summed E-state index contributed by atoms with van der Waals surface area (Å²) in [7, 11) is 0. The molecule has 0 saturated heterocycles. The number of anilines is 2. The van der Waals surface area contributed by atoms with Crippen LogP contribution in [-0.2, 0) is 0 Å². The molecule has 0 amide bonds. The molecular weight excluding hydrogens is 202 g/mol. The van der Waals surface area contributed by atoms with Gasteiger partial charge in [0.1, 0.15) is 0 Å². The first-order valence-electron chi connectivity index (χ1n) is 3.60. The number of halogens is 4. The summed E-state index contributed by atoms with van der Waals surface area (Å²) in [5.41, 5.74) is 5.17. The number of nitrogens with one attached hydrogen (secondary N) is 1. The Balaban J connectivity index is 2.77. The third kappa shape index (κ3) is 2.48. The van der Waals surface area contributed by atoms with Crippen molar-refractivity contribution in [2.24, 2.45) is 0 Å². The standard InChI is InChI=1S/C7H7F4N3/c8-4-1-3(12)2-13-7(4)14-6(11)5(9)10/h1-2,5-6H,12H2,(H,13,14). The van der Waals surface area contributed by atoms with Gasteiger partial charge in [0.25, 0.3) is 6.43 Å². The van der Waals surface area contributed by atoms with Crippen molar-refractivity contribution in [1.82, 2.24) is 4.98 Å². The van der Waals surface area contributed by atoms with Gasteiger partial charge in [-0.2, -0.15) is 0 Å². The van der Waals surface area contributed by atoms with Gasteiger partial charge in [0.2, 0.25) is 6.30 Å². The monoisotopic (exact) mass is 209 g/mol. The van der Waals surface area contributed by atoms with E-state index in [0.29, 0.717) is 0 Å². The maximum atomic E-state index is 12.9. The Morgan fingerprint density at radius 3 is 2.50 bits per heavy atom. The van der Waals surface area contributed by atoms with E-state index in [1.807, 2.05) is 0 Å². The lowest BCUT2D eigenvalue weighted by atomic mass is 10.4. The predicted octanol–water partition coefficient (Wildman–Crippen LogP) is 1.78. The average Bonchev–Trinajstić information content (AvgIpc) is 2.09. The molecule has 0 aromatic carbocycles. The minimum absolute atomic E-state index is 0.0282. The van der Waals surface area contributed by atoms with Gasteiger partial charge in [0.15, 0.2) is 11.6 Å². The molecule has 1 aromatic heterocycles. The van der Waals surface area contributed by atoms with Gasteiger partial charge in [-0.25, -0.2) is 22.5 Å². The lowest BCUT2D eigenvalue weighted by Gasteiger charge is -2.10. The molecule has 78 valence electrons. The van der Waals surface area contributed by atoms with Crippen LogP contribution in [0.3, 0.4) is 0 Å². The molecule has 1 unspecified atom stereocenters. The molecule has 0 aliphatic heterocycles. The highest BCUT2D eigenvalue weighted by atomic mass is 19.3. The first-order chi connectivity index (χ1) is 6.50. The van der Waals surface area contributed by atoms with E-state index >= 15 is 0 Å². The van der Waals surface area contributed by atoms with Crippen molar-refractivity contribution >= 4 is 11.5 Å². The van der Waals surface area contributed by atoms with Crippen LogP contribution in [0.4, 0.5) is 29.1 Å². The molecule has 0 spiro atoms. The second kappa shape index (κ2) is 4.12. The second-order valence-electron chi connectivity index (χ2n) is 2.48.